The van der Waals surface area contributed by atoms with Gasteiger partial charge >= 0.3 is 0 Å². The Hall–Kier alpha value is -4.58. The van der Waals surface area contributed by atoms with Crippen LogP contribution in [0, 0.1) is 0 Å². The number of nitrogens with one attached hydrogen (secondary N) is 3. The molecule has 11 heteroatoms. The molecule has 0 bridgehead atoms. The molecule has 0 aliphatic rings. The van der Waals surface area contributed by atoms with Gasteiger partial charge in [0.15, 0.2) is 0 Å². The van der Waals surface area contributed by atoms with Gasteiger partial charge in [0.1, 0.15) is 6.04 Å². The number of aliphatic hydroxyl groups excluding tert-OH is 1. The second kappa shape index (κ2) is 16.0. The first-order valence-electron chi connectivity index (χ1n) is 15.9. The number of amides is 3. The van der Waals surface area contributed by atoms with Crippen LogP contribution in [-0.2, 0) is 38.9 Å². The zero-order chi connectivity index (χ0) is 34.9. The van der Waals surface area contributed by atoms with Gasteiger partial charge in [0, 0.05) is 17.5 Å². The molecule has 0 aromatic heterocycles. The predicted octanol–water partition coefficient (Wildman–Crippen LogP) is 3.41. The largest absolute Gasteiger partial charge is 0.391 e. The molecule has 0 fully saturated rings. The lowest BCUT2D eigenvalue weighted by Crippen LogP contribution is -2.54. The first-order valence-corrected chi connectivity index (χ1v) is 17.5. The lowest BCUT2D eigenvalue weighted by atomic mass is 9.93. The van der Waals surface area contributed by atoms with Crippen molar-refractivity contribution in [3.05, 3.63) is 119 Å². The summed E-state index contributed by atoms with van der Waals surface area (Å²) in [5.74, 6) is -2.30. The van der Waals surface area contributed by atoms with Crippen molar-refractivity contribution in [2.24, 2.45) is 5.73 Å². The number of fused-ring (bicyclic) bond motifs is 1. The van der Waals surface area contributed by atoms with Gasteiger partial charge in [-0.25, -0.2) is 13.1 Å². The third-order valence-electron chi connectivity index (χ3n) is 7.83. The number of rotatable bonds is 15. The van der Waals surface area contributed by atoms with Gasteiger partial charge in [-0.3, -0.25) is 14.4 Å². The molecule has 0 unspecified atom stereocenters. The van der Waals surface area contributed by atoms with Crippen LogP contribution in [0.15, 0.2) is 97.1 Å². The van der Waals surface area contributed by atoms with E-state index in [1.807, 2.05) is 93.6 Å². The van der Waals surface area contributed by atoms with E-state index in [0.29, 0.717) is 11.1 Å². The van der Waals surface area contributed by atoms with Crippen LogP contribution in [-0.4, -0.2) is 60.7 Å². The third-order valence-corrected chi connectivity index (χ3v) is 9.22. The normalized spacial score (nSPS) is 13.8. The van der Waals surface area contributed by atoms with Gasteiger partial charge in [0.25, 0.3) is 5.91 Å². The number of aliphatic hydroxyl groups is 1. The van der Waals surface area contributed by atoms with Gasteiger partial charge in [-0.15, -0.1) is 0 Å². The Bertz CT molecular complexity index is 1830. The number of hydrogen-bond donors (Lipinski definition) is 5. The molecule has 0 spiro atoms. The maximum Gasteiger partial charge on any atom is 0.251 e. The summed E-state index contributed by atoms with van der Waals surface area (Å²) in [5, 5.41) is 19.1. The van der Waals surface area contributed by atoms with Crippen molar-refractivity contribution >= 4 is 38.5 Å². The second-order valence-electron chi connectivity index (χ2n) is 13.0. The smallest absolute Gasteiger partial charge is 0.251 e. The Morgan fingerprint density at radius 2 is 1.44 bits per heavy atom. The van der Waals surface area contributed by atoms with Crippen LogP contribution < -0.4 is 21.1 Å². The highest BCUT2D eigenvalue weighted by atomic mass is 32.2. The van der Waals surface area contributed by atoms with Gasteiger partial charge in [-0.05, 0) is 67.1 Å². The van der Waals surface area contributed by atoms with Crippen molar-refractivity contribution < 1.29 is 27.9 Å². The number of nitrogens with two attached hydrogens (primary N) is 1. The molecule has 6 N–H and O–H groups in total. The van der Waals surface area contributed by atoms with Crippen molar-refractivity contribution in [3.8, 4) is 0 Å². The van der Waals surface area contributed by atoms with E-state index < -0.39 is 52.0 Å². The molecule has 4 aromatic carbocycles. The summed E-state index contributed by atoms with van der Waals surface area (Å²) in [6.45, 7) is 5.61. The van der Waals surface area contributed by atoms with Crippen LogP contribution in [0.5, 0.6) is 0 Å². The molecule has 3 atom stereocenters. The van der Waals surface area contributed by atoms with Gasteiger partial charge in [-0.1, -0.05) is 91.0 Å². The fourth-order valence-electron chi connectivity index (χ4n) is 5.55. The fourth-order valence-corrected chi connectivity index (χ4v) is 6.78. The van der Waals surface area contributed by atoms with E-state index in [4.69, 9.17) is 5.73 Å². The molecule has 10 nitrogen and oxygen atoms in total. The van der Waals surface area contributed by atoms with Crippen LogP contribution in [0.1, 0.15) is 54.2 Å². The minimum Gasteiger partial charge on any atom is -0.391 e. The van der Waals surface area contributed by atoms with Crippen molar-refractivity contribution in [2.45, 2.75) is 70.2 Å². The predicted molar refractivity (Wildman–Crippen MR) is 188 cm³/mol. The monoisotopic (exact) mass is 672 g/mol. The van der Waals surface area contributed by atoms with Crippen molar-refractivity contribution in [1.82, 2.24) is 15.4 Å². The van der Waals surface area contributed by atoms with E-state index in [1.165, 1.54) is 0 Å². The number of benzene rings is 4. The summed E-state index contributed by atoms with van der Waals surface area (Å²) in [4.78, 5) is 38.7. The van der Waals surface area contributed by atoms with Gasteiger partial charge in [-0.2, -0.15) is 0 Å². The summed E-state index contributed by atoms with van der Waals surface area (Å²) >= 11 is 0. The number of sulfonamides is 1. The van der Waals surface area contributed by atoms with E-state index in [9.17, 15) is 27.9 Å². The molecule has 3 amide bonds. The van der Waals surface area contributed by atoms with E-state index >= 15 is 0 Å². The van der Waals surface area contributed by atoms with E-state index in [-0.39, 0.29) is 30.9 Å². The van der Waals surface area contributed by atoms with Crippen molar-refractivity contribution in [3.63, 3.8) is 0 Å². The SMILES string of the molecule is CC(C)(C)NC(=O)c1ccccc1C[C@@H](O)[C@H](Cc1ccccc1)NC(=O)[C@H](CC(N)=O)NS(=O)(=O)CCc1cccc2ccccc12. The Morgan fingerprint density at radius 1 is 0.812 bits per heavy atom. The van der Waals surface area contributed by atoms with Crippen LogP contribution in [0.3, 0.4) is 0 Å². The zero-order valence-corrected chi connectivity index (χ0v) is 28.3. The summed E-state index contributed by atoms with van der Waals surface area (Å²) in [5.41, 5.74) is 7.56. The Kier molecular flexibility index (Phi) is 12.1. The second-order valence-corrected chi connectivity index (χ2v) is 14.9. The lowest BCUT2D eigenvalue weighted by molar-refractivity contribution is -0.127. The van der Waals surface area contributed by atoms with Crippen molar-refractivity contribution in [1.29, 1.82) is 0 Å². The Balaban J connectivity index is 1.53. The first kappa shape index (κ1) is 36.3. The number of carbonyl (C=O) groups excluding carboxylic acids is 3. The summed E-state index contributed by atoms with van der Waals surface area (Å²) in [6, 6.07) is 27.0. The van der Waals surface area contributed by atoms with Crippen LogP contribution >= 0.6 is 0 Å². The van der Waals surface area contributed by atoms with Crippen LogP contribution in [0.4, 0.5) is 0 Å². The minimum absolute atomic E-state index is 0.0166. The van der Waals surface area contributed by atoms with Gasteiger partial charge in [0.2, 0.25) is 21.8 Å². The maximum absolute atomic E-state index is 13.7. The highest BCUT2D eigenvalue weighted by Gasteiger charge is 2.31. The molecule has 0 heterocycles. The standard InChI is InChI=1S/C37H44N4O6S/c1-37(2,3)40-35(44)30-19-10-8-15-28(30)23-33(42)31(22-25-12-5-4-6-13-25)39-36(45)32(24-34(38)43)41-48(46,47)21-20-27-17-11-16-26-14-7-9-18-29(26)27/h4-19,31-33,41-42H,20-24H2,1-3H3,(H2,38,43)(H,39,45)(H,40,44)/t31-,32-,33+/m0/s1. The topological polar surface area (TPSA) is 168 Å². The molecular formula is C37H44N4O6S. The number of hydrogen-bond acceptors (Lipinski definition) is 6. The molecule has 0 saturated carbocycles. The molecule has 0 aliphatic heterocycles. The van der Waals surface area contributed by atoms with Crippen LogP contribution in [0.2, 0.25) is 0 Å². The number of aryl methyl sites for hydroxylation is 1. The quantitative estimate of drug-likeness (QED) is 0.130. The highest BCUT2D eigenvalue weighted by Crippen LogP contribution is 2.20. The molecule has 0 radical (unpaired) electrons. The molecule has 0 aliphatic carbocycles. The Labute approximate surface area is 282 Å². The minimum atomic E-state index is -4.06. The zero-order valence-electron chi connectivity index (χ0n) is 27.5. The lowest BCUT2D eigenvalue weighted by Gasteiger charge is -2.28. The molecule has 4 aromatic rings. The van der Waals surface area contributed by atoms with Crippen molar-refractivity contribution in [2.75, 3.05) is 5.75 Å². The third kappa shape index (κ3) is 10.7. The molecule has 0 saturated heterocycles. The number of carbonyl (C=O) groups is 3. The average Bonchev–Trinajstić information content (AvgIpc) is 3.02. The Morgan fingerprint density at radius 3 is 2.15 bits per heavy atom. The highest BCUT2D eigenvalue weighted by molar-refractivity contribution is 7.89. The fraction of sp³-hybridized carbons (Fsp3) is 0.324. The maximum atomic E-state index is 13.7. The van der Waals surface area contributed by atoms with Gasteiger partial charge in [0.05, 0.1) is 24.3 Å². The van der Waals surface area contributed by atoms with E-state index in [0.717, 1.165) is 21.9 Å². The van der Waals surface area contributed by atoms with Gasteiger partial charge < -0.3 is 21.5 Å². The molecular weight excluding hydrogens is 628 g/mol. The van der Waals surface area contributed by atoms with Crippen LogP contribution in [0.25, 0.3) is 10.8 Å². The summed E-state index contributed by atoms with van der Waals surface area (Å²) in [7, 11) is -4.06. The first-order chi connectivity index (χ1) is 22.7. The number of primary amides is 1. The van der Waals surface area contributed by atoms with E-state index in [1.54, 1.807) is 24.3 Å². The van der Waals surface area contributed by atoms with E-state index in [2.05, 4.69) is 15.4 Å². The summed E-state index contributed by atoms with van der Waals surface area (Å²) < 4.78 is 28.9. The molecule has 254 valence electrons. The summed E-state index contributed by atoms with van der Waals surface area (Å²) in [6.07, 6.45) is -1.37. The molecule has 48 heavy (non-hydrogen) atoms. The molecule has 4 rings (SSSR count). The average molecular weight is 673 g/mol.